The lowest BCUT2D eigenvalue weighted by molar-refractivity contribution is -0.384. The second-order valence-corrected chi connectivity index (χ2v) is 4.85. The third-order valence-electron chi connectivity index (χ3n) is 3.21. The van der Waals surface area contributed by atoms with Crippen LogP contribution in [-0.4, -0.2) is 11.5 Å². The van der Waals surface area contributed by atoms with Crippen molar-refractivity contribution < 1.29 is 9.66 Å². The maximum Gasteiger partial charge on any atom is 0.269 e. The highest BCUT2D eigenvalue weighted by atomic mass is 16.6. The highest BCUT2D eigenvalue weighted by Crippen LogP contribution is 2.23. The van der Waals surface area contributed by atoms with Crippen LogP contribution >= 0.6 is 0 Å². The number of nitro benzene ring substituents is 1. The summed E-state index contributed by atoms with van der Waals surface area (Å²) in [6.45, 7) is 2.42. The van der Waals surface area contributed by atoms with Crippen molar-refractivity contribution in [3.05, 3.63) is 69.8 Å². The summed E-state index contributed by atoms with van der Waals surface area (Å²) in [6.07, 6.45) is 0.686. The minimum Gasteiger partial charge on any atom is -0.493 e. The molecule has 0 radical (unpaired) electrons. The molecule has 0 aliphatic carbocycles. The smallest absolute Gasteiger partial charge is 0.269 e. The molecule has 2 aromatic carbocycles. The molecule has 0 aliphatic heterocycles. The van der Waals surface area contributed by atoms with Crippen LogP contribution in [0.2, 0.25) is 0 Å². The Morgan fingerprint density at radius 3 is 2.48 bits per heavy atom. The second kappa shape index (κ2) is 6.85. The van der Waals surface area contributed by atoms with Crippen LogP contribution < -0.4 is 10.5 Å². The number of nitrogens with two attached hydrogens (primary N) is 1. The van der Waals surface area contributed by atoms with Gasteiger partial charge < -0.3 is 10.5 Å². The van der Waals surface area contributed by atoms with Gasteiger partial charge in [-0.3, -0.25) is 10.1 Å². The molecule has 2 rings (SSSR count). The van der Waals surface area contributed by atoms with E-state index in [1.165, 1.54) is 12.1 Å². The van der Waals surface area contributed by atoms with E-state index in [2.05, 4.69) is 0 Å². The van der Waals surface area contributed by atoms with E-state index in [9.17, 15) is 10.1 Å². The van der Waals surface area contributed by atoms with Crippen LogP contribution in [-0.2, 0) is 6.42 Å². The molecule has 0 bridgehead atoms. The molecule has 21 heavy (non-hydrogen) atoms. The SMILES string of the molecule is CC(N)c1ccccc1OCCc1ccc([N+](=O)[O-])cc1. The molecule has 0 amide bonds. The zero-order valence-corrected chi connectivity index (χ0v) is 11.9. The van der Waals surface area contributed by atoms with Crippen LogP contribution in [0.15, 0.2) is 48.5 Å². The molecule has 1 atom stereocenters. The molecule has 1 unspecified atom stereocenters. The Labute approximate surface area is 123 Å². The molecular formula is C16H18N2O3. The molecule has 0 heterocycles. The highest BCUT2D eigenvalue weighted by Gasteiger charge is 2.07. The molecule has 0 spiro atoms. The third kappa shape index (κ3) is 4.03. The maximum atomic E-state index is 10.6. The van der Waals surface area contributed by atoms with E-state index < -0.39 is 4.92 Å². The Morgan fingerprint density at radius 2 is 1.86 bits per heavy atom. The maximum absolute atomic E-state index is 10.6. The number of rotatable bonds is 6. The fourth-order valence-electron chi connectivity index (χ4n) is 2.05. The van der Waals surface area contributed by atoms with Crippen molar-refractivity contribution in [1.82, 2.24) is 0 Å². The number of hydrogen-bond acceptors (Lipinski definition) is 4. The van der Waals surface area contributed by atoms with Crippen molar-refractivity contribution in [2.45, 2.75) is 19.4 Å². The summed E-state index contributed by atoms with van der Waals surface area (Å²) in [5, 5.41) is 10.6. The van der Waals surface area contributed by atoms with E-state index in [1.807, 2.05) is 31.2 Å². The van der Waals surface area contributed by atoms with Gasteiger partial charge in [-0.25, -0.2) is 0 Å². The first-order valence-corrected chi connectivity index (χ1v) is 6.78. The minimum absolute atomic E-state index is 0.0828. The largest absolute Gasteiger partial charge is 0.493 e. The van der Waals surface area contributed by atoms with Crippen LogP contribution in [0, 0.1) is 10.1 Å². The summed E-state index contributed by atoms with van der Waals surface area (Å²) in [5.74, 6) is 0.786. The van der Waals surface area contributed by atoms with Crippen LogP contribution in [0.3, 0.4) is 0 Å². The summed E-state index contributed by atoms with van der Waals surface area (Å²) in [7, 11) is 0. The quantitative estimate of drug-likeness (QED) is 0.653. The van der Waals surface area contributed by atoms with Crippen LogP contribution in [0.25, 0.3) is 0 Å². The Bertz CT molecular complexity index is 609. The first-order valence-electron chi connectivity index (χ1n) is 6.78. The van der Waals surface area contributed by atoms with Crippen molar-refractivity contribution in [3.63, 3.8) is 0 Å². The molecule has 0 saturated carbocycles. The molecule has 0 saturated heterocycles. The summed E-state index contributed by atoms with van der Waals surface area (Å²) in [4.78, 5) is 10.2. The van der Waals surface area contributed by atoms with Crippen molar-refractivity contribution in [2.24, 2.45) is 5.73 Å². The number of hydrogen-bond donors (Lipinski definition) is 1. The van der Waals surface area contributed by atoms with E-state index in [0.29, 0.717) is 13.0 Å². The van der Waals surface area contributed by atoms with Gasteiger partial charge in [0.05, 0.1) is 11.5 Å². The van der Waals surface area contributed by atoms with Crippen molar-refractivity contribution in [3.8, 4) is 5.75 Å². The number of ether oxygens (including phenoxy) is 1. The fraction of sp³-hybridized carbons (Fsp3) is 0.250. The molecule has 5 nitrogen and oxygen atoms in total. The lowest BCUT2D eigenvalue weighted by Crippen LogP contribution is -2.09. The summed E-state index contributed by atoms with van der Waals surface area (Å²) >= 11 is 0. The lowest BCUT2D eigenvalue weighted by Gasteiger charge is -2.13. The van der Waals surface area contributed by atoms with Gasteiger partial charge in [-0.15, -0.1) is 0 Å². The summed E-state index contributed by atoms with van der Waals surface area (Å²) in [6, 6.07) is 14.1. The summed E-state index contributed by atoms with van der Waals surface area (Å²) < 4.78 is 5.77. The molecule has 110 valence electrons. The molecule has 0 aliphatic rings. The third-order valence-corrected chi connectivity index (χ3v) is 3.21. The van der Waals surface area contributed by atoms with E-state index in [0.717, 1.165) is 16.9 Å². The van der Waals surface area contributed by atoms with Gasteiger partial charge in [0, 0.05) is 30.2 Å². The van der Waals surface area contributed by atoms with E-state index in [4.69, 9.17) is 10.5 Å². The van der Waals surface area contributed by atoms with Gasteiger partial charge in [-0.2, -0.15) is 0 Å². The number of nitro groups is 1. The van der Waals surface area contributed by atoms with Gasteiger partial charge in [0.1, 0.15) is 5.75 Å². The Hall–Kier alpha value is -2.40. The van der Waals surface area contributed by atoms with Crippen molar-refractivity contribution in [1.29, 1.82) is 0 Å². The topological polar surface area (TPSA) is 78.4 Å². The number of para-hydroxylation sites is 1. The van der Waals surface area contributed by atoms with Gasteiger partial charge in [0.15, 0.2) is 0 Å². The zero-order chi connectivity index (χ0) is 15.2. The summed E-state index contributed by atoms with van der Waals surface area (Å²) in [5.41, 5.74) is 7.97. The standard InChI is InChI=1S/C16H18N2O3/c1-12(17)15-4-2-3-5-16(15)21-11-10-13-6-8-14(9-7-13)18(19)20/h2-9,12H,10-11,17H2,1H3. The number of non-ortho nitro benzene ring substituents is 1. The fourth-order valence-corrected chi connectivity index (χ4v) is 2.05. The van der Waals surface area contributed by atoms with Crippen LogP contribution in [0.4, 0.5) is 5.69 Å². The number of nitrogens with zero attached hydrogens (tertiary/aromatic N) is 1. The first kappa shape index (κ1) is 15.0. The van der Waals surface area contributed by atoms with Gasteiger partial charge >= 0.3 is 0 Å². The normalized spacial score (nSPS) is 11.9. The van der Waals surface area contributed by atoms with Crippen LogP contribution in [0.5, 0.6) is 5.75 Å². The Morgan fingerprint density at radius 1 is 1.19 bits per heavy atom. The van der Waals surface area contributed by atoms with Gasteiger partial charge in [-0.1, -0.05) is 30.3 Å². The van der Waals surface area contributed by atoms with Crippen molar-refractivity contribution >= 4 is 5.69 Å². The van der Waals surface area contributed by atoms with Gasteiger partial charge in [-0.05, 0) is 18.6 Å². The molecule has 0 fully saturated rings. The number of benzene rings is 2. The second-order valence-electron chi connectivity index (χ2n) is 4.85. The average molecular weight is 286 g/mol. The predicted molar refractivity (Wildman–Crippen MR) is 81.3 cm³/mol. The minimum atomic E-state index is -0.404. The van der Waals surface area contributed by atoms with E-state index in [-0.39, 0.29) is 11.7 Å². The average Bonchev–Trinajstić information content (AvgIpc) is 2.48. The molecule has 2 N–H and O–H groups in total. The molecule has 2 aromatic rings. The lowest BCUT2D eigenvalue weighted by atomic mass is 10.1. The predicted octanol–water partition coefficient (Wildman–Crippen LogP) is 3.24. The van der Waals surface area contributed by atoms with Crippen LogP contribution in [0.1, 0.15) is 24.1 Å². The van der Waals surface area contributed by atoms with E-state index in [1.54, 1.807) is 12.1 Å². The first-order chi connectivity index (χ1) is 10.1. The highest BCUT2D eigenvalue weighted by molar-refractivity contribution is 5.36. The van der Waals surface area contributed by atoms with E-state index >= 15 is 0 Å². The van der Waals surface area contributed by atoms with Gasteiger partial charge in [0.25, 0.3) is 5.69 Å². The Balaban J connectivity index is 1.94. The Kier molecular flexibility index (Phi) is 4.90. The zero-order valence-electron chi connectivity index (χ0n) is 11.9. The molecule has 5 heteroatoms. The monoisotopic (exact) mass is 286 g/mol. The molecular weight excluding hydrogens is 268 g/mol. The van der Waals surface area contributed by atoms with Gasteiger partial charge in [0.2, 0.25) is 0 Å². The molecule has 0 aromatic heterocycles. The van der Waals surface area contributed by atoms with Crippen molar-refractivity contribution in [2.75, 3.05) is 6.61 Å².